The predicted molar refractivity (Wildman–Crippen MR) is 130 cm³/mol. The van der Waals surface area contributed by atoms with Crippen LogP contribution >= 0.6 is 0 Å². The first-order valence-electron chi connectivity index (χ1n) is 12.7. The number of carbonyl (C=O) groups is 1. The molecule has 178 valence electrons. The van der Waals surface area contributed by atoms with Crippen LogP contribution in [0.1, 0.15) is 68.1 Å². The number of benzene rings is 1. The van der Waals surface area contributed by atoms with Crippen molar-refractivity contribution in [3.05, 3.63) is 54.1 Å². The Kier molecular flexibility index (Phi) is 8.32. The second kappa shape index (κ2) is 11.6. The molecule has 1 saturated heterocycles. The molecule has 0 radical (unpaired) electrons. The van der Waals surface area contributed by atoms with E-state index in [9.17, 15) is 4.79 Å². The zero-order valence-electron chi connectivity index (χ0n) is 20.0. The van der Waals surface area contributed by atoms with Crippen LogP contribution in [0.25, 0.3) is 0 Å². The van der Waals surface area contributed by atoms with E-state index in [2.05, 4.69) is 46.1 Å². The smallest absolute Gasteiger partial charge is 0.291 e. The monoisotopic (exact) mass is 450 g/mol. The number of fused-ring (bicyclic) bond motifs is 1. The zero-order chi connectivity index (χ0) is 22.9. The highest BCUT2D eigenvalue weighted by Crippen LogP contribution is 2.38. The number of aryl methyl sites for hydroxylation is 1. The molecule has 0 atom stereocenters. The minimum Gasteiger partial charge on any atom is -0.492 e. The van der Waals surface area contributed by atoms with Crippen molar-refractivity contribution in [2.45, 2.75) is 58.3 Å². The molecule has 0 saturated carbocycles. The van der Waals surface area contributed by atoms with Gasteiger partial charge in [-0.3, -0.25) is 9.69 Å². The topological polar surface area (TPSA) is 58.6 Å². The molecule has 1 spiro atoms. The highest BCUT2D eigenvalue weighted by atomic mass is 16.5. The fraction of sp³-hybridized carbons (Fsp3) is 0.593. The summed E-state index contributed by atoms with van der Waals surface area (Å²) in [6, 6.07) is 10.3. The van der Waals surface area contributed by atoms with Gasteiger partial charge in [0.25, 0.3) is 5.91 Å². The molecule has 1 fully saturated rings. The molecule has 0 aliphatic carbocycles. The average Bonchev–Trinajstić information content (AvgIpc) is 2.86. The highest BCUT2D eigenvalue weighted by Gasteiger charge is 2.37. The molecule has 0 N–H and O–H groups in total. The fourth-order valence-corrected chi connectivity index (χ4v) is 5.30. The van der Waals surface area contributed by atoms with Crippen LogP contribution in [-0.4, -0.2) is 65.0 Å². The molecule has 33 heavy (non-hydrogen) atoms. The molecule has 3 heterocycles. The van der Waals surface area contributed by atoms with Crippen LogP contribution in [0.15, 0.2) is 42.7 Å². The Hall–Kier alpha value is -2.47. The Balaban J connectivity index is 1.45. The van der Waals surface area contributed by atoms with Gasteiger partial charge < -0.3 is 9.64 Å². The molecule has 0 unspecified atom stereocenters. The van der Waals surface area contributed by atoms with Crippen molar-refractivity contribution >= 4 is 5.91 Å². The van der Waals surface area contributed by atoms with Crippen molar-refractivity contribution in [3.8, 4) is 5.75 Å². The first-order valence-corrected chi connectivity index (χ1v) is 12.7. The third-order valence-corrected chi connectivity index (χ3v) is 7.30. The number of hydrogen-bond donors (Lipinski definition) is 0. The minimum atomic E-state index is -0.0357. The third kappa shape index (κ3) is 6.32. The number of nitrogens with zero attached hydrogens (tertiary/aromatic N) is 4. The van der Waals surface area contributed by atoms with Crippen LogP contribution in [0.4, 0.5) is 0 Å². The van der Waals surface area contributed by atoms with Gasteiger partial charge in [0.05, 0.1) is 0 Å². The summed E-state index contributed by atoms with van der Waals surface area (Å²) < 4.78 is 6.24. The maximum atomic E-state index is 12.9. The van der Waals surface area contributed by atoms with Gasteiger partial charge in [-0.05, 0) is 68.2 Å². The fourth-order valence-electron chi connectivity index (χ4n) is 5.30. The molecular weight excluding hydrogens is 412 g/mol. The summed E-state index contributed by atoms with van der Waals surface area (Å²) in [4.78, 5) is 25.8. The predicted octanol–water partition coefficient (Wildman–Crippen LogP) is 4.61. The van der Waals surface area contributed by atoms with E-state index in [-0.39, 0.29) is 11.3 Å². The van der Waals surface area contributed by atoms with E-state index in [1.807, 2.05) is 4.90 Å². The summed E-state index contributed by atoms with van der Waals surface area (Å²) >= 11 is 0. The average molecular weight is 451 g/mol. The van der Waals surface area contributed by atoms with E-state index < -0.39 is 0 Å². The van der Waals surface area contributed by atoms with Gasteiger partial charge in [0.15, 0.2) is 0 Å². The van der Waals surface area contributed by atoms with E-state index in [0.29, 0.717) is 5.82 Å². The molecule has 2 aromatic rings. The van der Waals surface area contributed by atoms with Gasteiger partial charge in [-0.25, -0.2) is 9.97 Å². The first kappa shape index (κ1) is 23.7. The third-order valence-electron chi connectivity index (χ3n) is 7.30. The standard InChI is InChI=1S/C27H38N4O2/c1-2-3-17-30-20-21-33-24-11-5-4-9-23(24)10-6-7-12-27(22-30)13-18-31(19-14-27)26(32)25-28-15-8-16-29-25/h4-5,8-9,11,15-16H,2-3,6-7,10,12-14,17-22H2,1H3. The number of likely N-dealkylation sites (tertiary alicyclic amines) is 1. The maximum Gasteiger partial charge on any atom is 0.291 e. The van der Waals surface area contributed by atoms with Crippen molar-refractivity contribution in [2.24, 2.45) is 5.41 Å². The summed E-state index contributed by atoms with van der Waals surface area (Å²) in [5.74, 6) is 1.33. The second-order valence-corrected chi connectivity index (χ2v) is 9.66. The Morgan fingerprint density at radius 2 is 1.82 bits per heavy atom. The van der Waals surface area contributed by atoms with Gasteiger partial charge in [0.1, 0.15) is 12.4 Å². The normalized spacial score (nSPS) is 19.7. The lowest BCUT2D eigenvalue weighted by Gasteiger charge is -2.45. The van der Waals surface area contributed by atoms with Gasteiger partial charge in [-0.2, -0.15) is 0 Å². The molecule has 1 aromatic carbocycles. The van der Waals surface area contributed by atoms with Crippen LogP contribution in [-0.2, 0) is 6.42 Å². The van der Waals surface area contributed by atoms with Crippen molar-refractivity contribution < 1.29 is 9.53 Å². The molecule has 6 nitrogen and oxygen atoms in total. The Morgan fingerprint density at radius 1 is 1.03 bits per heavy atom. The van der Waals surface area contributed by atoms with Crippen molar-refractivity contribution in [1.29, 1.82) is 0 Å². The lowest BCUT2D eigenvalue weighted by atomic mass is 9.73. The number of rotatable bonds is 4. The SMILES string of the molecule is CCCCN1CCOc2ccccc2CCCCC2(CCN(C(=O)c3ncccn3)CC2)C1. The number of ether oxygens (including phenoxy) is 1. The Bertz CT molecular complexity index is 881. The summed E-state index contributed by atoms with van der Waals surface area (Å²) in [7, 11) is 0. The number of hydrogen-bond acceptors (Lipinski definition) is 5. The Morgan fingerprint density at radius 3 is 2.61 bits per heavy atom. The highest BCUT2D eigenvalue weighted by molar-refractivity contribution is 5.90. The number of piperidine rings is 1. The largest absolute Gasteiger partial charge is 0.492 e. The van der Waals surface area contributed by atoms with Crippen LogP contribution in [0.3, 0.4) is 0 Å². The lowest BCUT2D eigenvalue weighted by molar-refractivity contribution is 0.0367. The first-order chi connectivity index (χ1) is 16.2. The number of para-hydroxylation sites is 1. The van der Waals surface area contributed by atoms with Crippen molar-refractivity contribution in [3.63, 3.8) is 0 Å². The van der Waals surface area contributed by atoms with Gasteiger partial charge >= 0.3 is 0 Å². The van der Waals surface area contributed by atoms with Crippen LogP contribution in [0.5, 0.6) is 5.75 Å². The molecular formula is C27H38N4O2. The lowest BCUT2D eigenvalue weighted by Crippen LogP contribution is -2.49. The summed E-state index contributed by atoms with van der Waals surface area (Å²) in [5, 5.41) is 0. The van der Waals surface area contributed by atoms with E-state index in [4.69, 9.17) is 4.74 Å². The molecule has 4 rings (SSSR count). The number of aromatic nitrogens is 2. The van der Waals surface area contributed by atoms with E-state index in [1.54, 1.807) is 18.5 Å². The van der Waals surface area contributed by atoms with Crippen molar-refractivity contribution in [2.75, 3.05) is 39.3 Å². The van der Waals surface area contributed by atoms with E-state index in [1.165, 1.54) is 37.7 Å². The van der Waals surface area contributed by atoms with Crippen LogP contribution in [0, 0.1) is 5.41 Å². The summed E-state index contributed by atoms with van der Waals surface area (Å²) in [6.45, 7) is 7.74. The van der Waals surface area contributed by atoms with Gasteiger partial charge in [0.2, 0.25) is 5.82 Å². The molecule has 2 aliphatic rings. The molecule has 6 heteroatoms. The quantitative estimate of drug-likeness (QED) is 0.681. The summed E-state index contributed by atoms with van der Waals surface area (Å²) in [5.41, 5.74) is 1.59. The van der Waals surface area contributed by atoms with E-state index >= 15 is 0 Å². The van der Waals surface area contributed by atoms with Gasteiger partial charge in [-0.15, -0.1) is 0 Å². The zero-order valence-corrected chi connectivity index (χ0v) is 20.0. The van der Waals surface area contributed by atoms with Crippen LogP contribution in [0.2, 0.25) is 0 Å². The second-order valence-electron chi connectivity index (χ2n) is 9.66. The molecule has 0 bridgehead atoms. The number of carbonyl (C=O) groups excluding carboxylic acids is 1. The van der Waals surface area contributed by atoms with Crippen molar-refractivity contribution in [1.82, 2.24) is 19.8 Å². The van der Waals surface area contributed by atoms with E-state index in [0.717, 1.165) is 64.3 Å². The molecule has 2 aliphatic heterocycles. The number of amides is 1. The van der Waals surface area contributed by atoms with Gasteiger partial charge in [0, 0.05) is 38.6 Å². The summed E-state index contributed by atoms with van der Waals surface area (Å²) in [6.07, 6.45) is 12.5. The van der Waals surface area contributed by atoms with Gasteiger partial charge in [-0.1, -0.05) is 38.0 Å². The Labute approximate surface area is 198 Å². The molecule has 1 amide bonds. The molecule has 1 aromatic heterocycles. The maximum absolute atomic E-state index is 12.9. The number of unbranched alkanes of at least 4 members (excludes halogenated alkanes) is 1. The van der Waals surface area contributed by atoms with Crippen LogP contribution < -0.4 is 4.74 Å². The minimum absolute atomic E-state index is 0.0357.